The molecule has 4 atom stereocenters. The fourth-order valence-electron chi connectivity index (χ4n) is 5.17. The Morgan fingerprint density at radius 1 is 1.19 bits per heavy atom. The van der Waals surface area contributed by atoms with Crippen LogP contribution in [0.15, 0.2) is 43.1 Å². The smallest absolute Gasteiger partial charge is 0.411 e. The lowest BCUT2D eigenvalue weighted by molar-refractivity contribution is -0.131. The Morgan fingerprint density at radius 3 is 2.55 bits per heavy atom. The van der Waals surface area contributed by atoms with Crippen molar-refractivity contribution in [3.63, 3.8) is 0 Å². The van der Waals surface area contributed by atoms with Gasteiger partial charge in [0.05, 0.1) is 18.9 Å². The summed E-state index contributed by atoms with van der Waals surface area (Å²) in [5.41, 5.74) is -2.30. The highest BCUT2D eigenvalue weighted by molar-refractivity contribution is 7.91. The molecule has 2 N–H and O–H groups in total. The first-order valence-electron chi connectivity index (χ1n) is 13.9. The Hall–Kier alpha value is -3.87. The van der Waals surface area contributed by atoms with Crippen LogP contribution in [0.25, 0.3) is 10.8 Å². The second-order valence-electron chi connectivity index (χ2n) is 12.0. The number of sulfonamides is 1. The molecular formula is C29H36N4O8S. The molecule has 13 heteroatoms. The fraction of sp³-hybridized carbons (Fsp3) is 0.517. The number of nitrogens with zero attached hydrogens (tertiary/aromatic N) is 2. The minimum atomic E-state index is -3.83. The summed E-state index contributed by atoms with van der Waals surface area (Å²) in [5.74, 6) is -0.960. The minimum absolute atomic E-state index is 0.0230. The van der Waals surface area contributed by atoms with Crippen LogP contribution in [0.3, 0.4) is 0 Å². The number of aromatic nitrogens is 1. The molecule has 1 saturated heterocycles. The van der Waals surface area contributed by atoms with E-state index in [2.05, 4.69) is 21.6 Å². The first-order chi connectivity index (χ1) is 19.8. The fourth-order valence-corrected chi connectivity index (χ4v) is 6.54. The number of hydrogen-bond donors (Lipinski definition) is 2. The van der Waals surface area contributed by atoms with E-state index in [9.17, 15) is 22.8 Å². The zero-order chi connectivity index (χ0) is 30.4. The summed E-state index contributed by atoms with van der Waals surface area (Å²) in [4.78, 5) is 45.8. The van der Waals surface area contributed by atoms with Gasteiger partial charge in [0.25, 0.3) is 5.91 Å². The van der Waals surface area contributed by atoms with Crippen molar-refractivity contribution in [1.82, 2.24) is 19.9 Å². The Balaban J connectivity index is 1.38. The molecule has 226 valence electrons. The third-order valence-electron chi connectivity index (χ3n) is 7.66. The molecule has 1 aromatic heterocycles. The maximum absolute atomic E-state index is 13.7. The van der Waals surface area contributed by atoms with Gasteiger partial charge in [0, 0.05) is 23.9 Å². The van der Waals surface area contributed by atoms with E-state index >= 15 is 0 Å². The van der Waals surface area contributed by atoms with E-state index in [0.29, 0.717) is 29.9 Å². The quantitative estimate of drug-likeness (QED) is 0.414. The van der Waals surface area contributed by atoms with E-state index in [1.54, 1.807) is 40.1 Å². The number of nitrogens with one attached hydrogen (secondary N) is 2. The maximum Gasteiger partial charge on any atom is 0.411 e. The average Bonchev–Trinajstić information content (AvgIpc) is 3.84. The van der Waals surface area contributed by atoms with Crippen LogP contribution >= 0.6 is 0 Å². The molecule has 3 fully saturated rings. The van der Waals surface area contributed by atoms with Crippen LogP contribution in [-0.2, 0) is 24.3 Å². The van der Waals surface area contributed by atoms with Crippen LogP contribution in [0, 0.1) is 5.92 Å². The highest BCUT2D eigenvalue weighted by Crippen LogP contribution is 2.45. The molecule has 3 amide bonds. The first kappa shape index (κ1) is 29.6. The normalized spacial score (nSPS) is 25.4. The maximum atomic E-state index is 13.7. The van der Waals surface area contributed by atoms with Gasteiger partial charge in [0.15, 0.2) is 0 Å². The number of likely N-dealkylation sites (tertiary alicyclic amines) is 1. The van der Waals surface area contributed by atoms with Gasteiger partial charge in [-0.05, 0) is 63.6 Å². The average molecular weight is 601 g/mol. The van der Waals surface area contributed by atoms with E-state index < -0.39 is 62.4 Å². The number of benzene rings is 1. The van der Waals surface area contributed by atoms with Crippen LogP contribution in [0.4, 0.5) is 4.79 Å². The second-order valence-corrected chi connectivity index (χ2v) is 14.0. The van der Waals surface area contributed by atoms with Gasteiger partial charge in [-0.3, -0.25) is 19.2 Å². The predicted octanol–water partition coefficient (Wildman–Crippen LogP) is 2.67. The molecule has 2 heterocycles. The van der Waals surface area contributed by atoms with Gasteiger partial charge >= 0.3 is 6.09 Å². The SMILES string of the molecule is C=C[C@@H]1CC1(NC(=O)C1C[C@@H](Oc2nccc3ccc(OC)cc23)CN1C(=O)OC(C)(C)C)C(=O)NS(=O)(=O)C1CC1. The Kier molecular flexibility index (Phi) is 7.58. The van der Waals surface area contributed by atoms with Gasteiger partial charge in [-0.15, -0.1) is 6.58 Å². The van der Waals surface area contributed by atoms with E-state index in [1.807, 2.05) is 18.2 Å². The van der Waals surface area contributed by atoms with Crippen molar-refractivity contribution in [2.45, 2.75) is 75.0 Å². The number of ether oxygens (including phenoxy) is 3. The van der Waals surface area contributed by atoms with Gasteiger partial charge in [0.1, 0.15) is 29.0 Å². The highest BCUT2D eigenvalue weighted by Gasteiger charge is 2.62. The van der Waals surface area contributed by atoms with Gasteiger partial charge in [0.2, 0.25) is 21.8 Å². The minimum Gasteiger partial charge on any atom is -0.497 e. The lowest BCUT2D eigenvalue weighted by Gasteiger charge is -2.29. The summed E-state index contributed by atoms with van der Waals surface area (Å²) in [7, 11) is -2.27. The summed E-state index contributed by atoms with van der Waals surface area (Å²) in [6, 6.07) is 6.27. The lowest BCUT2D eigenvalue weighted by atomic mass is 10.1. The number of hydrogen-bond acceptors (Lipinski definition) is 9. The first-order valence-corrected chi connectivity index (χ1v) is 15.4. The summed E-state index contributed by atoms with van der Waals surface area (Å²) in [6.07, 6.45) is 3.02. The number of rotatable bonds is 9. The van der Waals surface area contributed by atoms with Crippen molar-refractivity contribution in [3.05, 3.63) is 43.1 Å². The molecule has 42 heavy (non-hydrogen) atoms. The number of carbonyl (C=O) groups excluding carboxylic acids is 3. The lowest BCUT2D eigenvalue weighted by Crippen LogP contribution is -2.56. The molecule has 5 rings (SSSR count). The van der Waals surface area contributed by atoms with Crippen LogP contribution in [0.5, 0.6) is 11.6 Å². The molecule has 2 unspecified atom stereocenters. The molecule has 2 aliphatic carbocycles. The Labute approximate surface area is 244 Å². The van der Waals surface area contributed by atoms with Crippen molar-refractivity contribution in [2.75, 3.05) is 13.7 Å². The van der Waals surface area contributed by atoms with E-state index in [-0.39, 0.29) is 19.4 Å². The van der Waals surface area contributed by atoms with Gasteiger partial charge in [-0.1, -0.05) is 12.1 Å². The van der Waals surface area contributed by atoms with Crippen molar-refractivity contribution in [2.24, 2.45) is 5.92 Å². The zero-order valence-corrected chi connectivity index (χ0v) is 24.9. The van der Waals surface area contributed by atoms with Crippen molar-refractivity contribution >= 4 is 38.7 Å². The highest BCUT2D eigenvalue weighted by atomic mass is 32.2. The summed E-state index contributed by atoms with van der Waals surface area (Å²) >= 11 is 0. The third-order valence-corrected chi connectivity index (χ3v) is 9.48. The number of fused-ring (bicyclic) bond motifs is 1. The molecular weight excluding hydrogens is 564 g/mol. The van der Waals surface area contributed by atoms with Crippen molar-refractivity contribution < 1.29 is 37.0 Å². The van der Waals surface area contributed by atoms with Gasteiger partial charge in [-0.25, -0.2) is 18.2 Å². The molecule has 3 aliphatic rings. The molecule has 0 radical (unpaired) electrons. The largest absolute Gasteiger partial charge is 0.497 e. The molecule has 2 aromatic rings. The van der Waals surface area contributed by atoms with Crippen LogP contribution in [0.2, 0.25) is 0 Å². The number of amides is 3. The van der Waals surface area contributed by atoms with Crippen LogP contribution in [0.1, 0.15) is 46.5 Å². The van der Waals surface area contributed by atoms with Crippen LogP contribution < -0.4 is 19.5 Å². The van der Waals surface area contributed by atoms with Gasteiger partial charge < -0.3 is 19.5 Å². The van der Waals surface area contributed by atoms with E-state index in [0.717, 1.165) is 5.39 Å². The molecule has 0 bridgehead atoms. The van der Waals surface area contributed by atoms with Gasteiger partial charge in [-0.2, -0.15) is 0 Å². The Bertz CT molecular complexity index is 1530. The Morgan fingerprint density at radius 2 is 1.93 bits per heavy atom. The summed E-state index contributed by atoms with van der Waals surface area (Å²) in [5, 5.41) is 3.71. The monoisotopic (exact) mass is 600 g/mol. The number of pyridine rings is 1. The van der Waals surface area contributed by atoms with E-state index in [1.165, 1.54) is 11.0 Å². The topological polar surface area (TPSA) is 153 Å². The molecule has 1 aliphatic heterocycles. The van der Waals surface area contributed by atoms with Crippen molar-refractivity contribution in [3.8, 4) is 11.6 Å². The third kappa shape index (κ3) is 6.01. The molecule has 12 nitrogen and oxygen atoms in total. The number of methoxy groups -OCH3 is 1. The van der Waals surface area contributed by atoms with Crippen molar-refractivity contribution in [1.29, 1.82) is 0 Å². The summed E-state index contributed by atoms with van der Waals surface area (Å²) in [6.45, 7) is 8.91. The molecule has 1 aromatic carbocycles. The standard InChI is InChI=1S/C29H36N4O8S/c1-6-18-15-29(18,26(35)32-42(37,38)21-9-10-21)31-24(34)23-14-20(16-33(23)27(36)41-28(2,3)4)40-25-22-13-19(39-5)8-7-17(22)11-12-30-25/h6-8,11-13,18,20-21,23H,1,9-10,14-16H2,2-5H3,(H,31,34)(H,32,35)/t18-,20-,23?,29?/m1/s1. The summed E-state index contributed by atoms with van der Waals surface area (Å²) < 4.78 is 44.2. The number of carbonyl (C=O) groups is 3. The van der Waals surface area contributed by atoms with Crippen LogP contribution in [-0.4, -0.2) is 78.4 Å². The predicted molar refractivity (Wildman–Crippen MR) is 153 cm³/mol. The second kappa shape index (κ2) is 10.8. The molecule has 2 saturated carbocycles. The van der Waals surface area contributed by atoms with E-state index in [4.69, 9.17) is 14.2 Å². The molecule has 0 spiro atoms. The zero-order valence-electron chi connectivity index (χ0n) is 24.1.